The van der Waals surface area contributed by atoms with E-state index in [0.717, 1.165) is 11.1 Å². The van der Waals surface area contributed by atoms with Crippen LogP contribution in [0, 0.1) is 11.3 Å². The molecule has 0 aliphatic carbocycles. The molecule has 2 aliphatic heterocycles. The van der Waals surface area contributed by atoms with Gasteiger partial charge in [-0.05, 0) is 6.07 Å². The Kier molecular flexibility index (Phi) is 4.48. The van der Waals surface area contributed by atoms with Gasteiger partial charge in [0.1, 0.15) is 17.4 Å². The summed E-state index contributed by atoms with van der Waals surface area (Å²) in [5.41, 5.74) is 3.20. The highest BCUT2D eigenvalue weighted by Gasteiger charge is 2.29. The number of nitrogens with zero attached hydrogens (tertiary/aromatic N) is 7. The van der Waals surface area contributed by atoms with Crippen molar-refractivity contribution in [2.75, 3.05) is 44.3 Å². The Morgan fingerprint density at radius 3 is 2.77 bits per heavy atom. The van der Waals surface area contributed by atoms with E-state index in [1.54, 1.807) is 24.3 Å². The molecule has 2 aliphatic rings. The zero-order chi connectivity index (χ0) is 20.7. The summed E-state index contributed by atoms with van der Waals surface area (Å²) in [6.45, 7) is 3.29. The minimum Gasteiger partial charge on any atom is -0.441 e. The molecule has 0 radical (unpaired) electrons. The molecule has 0 saturated carbocycles. The van der Waals surface area contributed by atoms with Crippen LogP contribution in [0.15, 0.2) is 18.5 Å². The number of carbonyl (C=O) groups is 1. The highest BCUT2D eigenvalue weighted by atomic mass is 16.6. The Balaban J connectivity index is 1.40. The first-order valence-corrected chi connectivity index (χ1v) is 9.70. The Morgan fingerprint density at radius 1 is 1.33 bits per heavy atom. The minimum absolute atomic E-state index is 0.132. The van der Waals surface area contributed by atoms with Crippen LogP contribution in [0.4, 0.5) is 10.5 Å². The number of nitriles is 1. The number of fused-ring (bicyclic) bond motifs is 1. The van der Waals surface area contributed by atoms with Gasteiger partial charge in [-0.2, -0.15) is 20.3 Å². The standard InChI is InChI=1S/C19H20N8O3/c1-25-22-9-14(24-25)17-13(8-20)16-15(2-3-21-18(16)23-17)26-4-6-27(7-5-26)19(28)30-12-10-29-11-12/h2-3,9,12H,4-7,10-11H2,1H3,(H,21,23). The molecule has 0 unspecified atom stereocenters. The molecular formula is C19H20N8O3. The third-order valence-corrected chi connectivity index (χ3v) is 5.39. The van der Waals surface area contributed by atoms with Crippen LogP contribution in [0.2, 0.25) is 0 Å². The molecule has 11 heteroatoms. The molecule has 30 heavy (non-hydrogen) atoms. The quantitative estimate of drug-likeness (QED) is 0.677. The van der Waals surface area contributed by atoms with Crippen molar-refractivity contribution in [3.8, 4) is 17.5 Å². The summed E-state index contributed by atoms with van der Waals surface area (Å²) in [6.07, 6.45) is 2.90. The monoisotopic (exact) mass is 408 g/mol. The van der Waals surface area contributed by atoms with Crippen LogP contribution >= 0.6 is 0 Å². The lowest BCUT2D eigenvalue weighted by Gasteiger charge is -2.37. The van der Waals surface area contributed by atoms with Crippen molar-refractivity contribution in [1.82, 2.24) is 29.9 Å². The van der Waals surface area contributed by atoms with Gasteiger partial charge in [0.25, 0.3) is 0 Å². The van der Waals surface area contributed by atoms with Gasteiger partial charge >= 0.3 is 6.09 Å². The second-order valence-corrected chi connectivity index (χ2v) is 7.28. The Labute approximate surface area is 171 Å². The number of pyridine rings is 1. The molecule has 1 amide bonds. The average molecular weight is 408 g/mol. The second kappa shape index (κ2) is 7.31. The maximum absolute atomic E-state index is 12.3. The normalized spacial score (nSPS) is 17.1. The van der Waals surface area contributed by atoms with Gasteiger partial charge in [0.05, 0.1) is 41.7 Å². The summed E-state index contributed by atoms with van der Waals surface area (Å²) in [7, 11) is 1.73. The fourth-order valence-electron chi connectivity index (χ4n) is 3.76. The number of piperazine rings is 1. The molecule has 154 valence electrons. The van der Waals surface area contributed by atoms with Crippen LogP contribution in [-0.2, 0) is 16.5 Å². The van der Waals surface area contributed by atoms with Gasteiger partial charge in [-0.25, -0.2) is 9.78 Å². The number of amides is 1. The van der Waals surface area contributed by atoms with E-state index in [0.29, 0.717) is 62.0 Å². The largest absolute Gasteiger partial charge is 0.441 e. The van der Waals surface area contributed by atoms with Gasteiger partial charge in [0.2, 0.25) is 0 Å². The van der Waals surface area contributed by atoms with E-state index in [1.165, 1.54) is 4.80 Å². The maximum atomic E-state index is 12.3. The first-order valence-electron chi connectivity index (χ1n) is 9.70. The summed E-state index contributed by atoms with van der Waals surface area (Å²) >= 11 is 0. The van der Waals surface area contributed by atoms with E-state index in [2.05, 4.69) is 31.1 Å². The summed E-state index contributed by atoms with van der Waals surface area (Å²) in [5.74, 6) is 0. The molecule has 5 rings (SSSR count). The summed E-state index contributed by atoms with van der Waals surface area (Å²) < 4.78 is 10.4. The number of rotatable bonds is 3. The molecule has 2 fully saturated rings. The zero-order valence-electron chi connectivity index (χ0n) is 16.4. The van der Waals surface area contributed by atoms with Crippen LogP contribution in [0.1, 0.15) is 5.56 Å². The number of aromatic nitrogens is 5. The molecular weight excluding hydrogens is 388 g/mol. The lowest BCUT2D eigenvalue weighted by molar-refractivity contribution is -0.104. The highest BCUT2D eigenvalue weighted by Crippen LogP contribution is 2.34. The Hall–Kier alpha value is -3.65. The number of H-pyrrole nitrogens is 1. The zero-order valence-corrected chi connectivity index (χ0v) is 16.4. The van der Waals surface area contributed by atoms with Crippen LogP contribution < -0.4 is 4.90 Å². The van der Waals surface area contributed by atoms with E-state index in [1.807, 2.05) is 6.07 Å². The number of ether oxygens (including phenoxy) is 2. The fraction of sp³-hybridized carbons (Fsp3) is 0.421. The van der Waals surface area contributed by atoms with Crippen molar-refractivity contribution < 1.29 is 14.3 Å². The number of nitrogens with one attached hydrogen (secondary N) is 1. The van der Waals surface area contributed by atoms with E-state index in [-0.39, 0.29) is 12.2 Å². The van der Waals surface area contributed by atoms with E-state index < -0.39 is 0 Å². The van der Waals surface area contributed by atoms with Crippen molar-refractivity contribution >= 4 is 22.8 Å². The van der Waals surface area contributed by atoms with Crippen molar-refractivity contribution in [1.29, 1.82) is 5.26 Å². The lowest BCUT2D eigenvalue weighted by atomic mass is 10.1. The molecule has 2 saturated heterocycles. The van der Waals surface area contributed by atoms with Crippen molar-refractivity contribution in [3.05, 3.63) is 24.0 Å². The van der Waals surface area contributed by atoms with E-state index in [4.69, 9.17) is 9.47 Å². The number of carbonyl (C=O) groups excluding carboxylic acids is 1. The second-order valence-electron chi connectivity index (χ2n) is 7.28. The van der Waals surface area contributed by atoms with Crippen molar-refractivity contribution in [2.24, 2.45) is 7.05 Å². The van der Waals surface area contributed by atoms with E-state index in [9.17, 15) is 10.1 Å². The Bertz CT molecular complexity index is 1130. The number of hydrogen-bond donors (Lipinski definition) is 1. The molecule has 0 bridgehead atoms. The average Bonchev–Trinajstić information content (AvgIpc) is 3.33. The van der Waals surface area contributed by atoms with Crippen LogP contribution in [0.3, 0.4) is 0 Å². The van der Waals surface area contributed by atoms with E-state index >= 15 is 0 Å². The van der Waals surface area contributed by atoms with Crippen LogP contribution in [0.25, 0.3) is 22.4 Å². The SMILES string of the molecule is Cn1ncc(-c2[nH]c3nccc(N4CCN(C(=O)OC5COC5)CC4)c3c2C#N)n1. The molecule has 0 spiro atoms. The Morgan fingerprint density at radius 2 is 2.13 bits per heavy atom. The molecule has 5 heterocycles. The van der Waals surface area contributed by atoms with Crippen molar-refractivity contribution in [2.45, 2.75) is 6.10 Å². The number of anilines is 1. The van der Waals surface area contributed by atoms with Gasteiger partial charge < -0.3 is 24.3 Å². The van der Waals surface area contributed by atoms with Crippen molar-refractivity contribution in [3.63, 3.8) is 0 Å². The highest BCUT2D eigenvalue weighted by molar-refractivity contribution is 5.99. The molecule has 11 nitrogen and oxygen atoms in total. The predicted octanol–water partition coefficient (Wildman–Crippen LogP) is 0.887. The molecule has 0 atom stereocenters. The number of aromatic amines is 1. The molecule has 3 aromatic heterocycles. The minimum atomic E-state index is -0.299. The van der Waals surface area contributed by atoms with Gasteiger partial charge in [0, 0.05) is 39.4 Å². The topological polar surface area (TPSA) is 125 Å². The summed E-state index contributed by atoms with van der Waals surface area (Å²) in [4.78, 5) is 25.2. The van der Waals surface area contributed by atoms with Gasteiger partial charge in [-0.15, -0.1) is 0 Å². The third-order valence-electron chi connectivity index (χ3n) is 5.39. The van der Waals surface area contributed by atoms with Crippen LogP contribution in [-0.4, -0.2) is 81.5 Å². The third kappa shape index (κ3) is 3.11. The van der Waals surface area contributed by atoms with Gasteiger partial charge in [-0.3, -0.25) is 0 Å². The number of aryl methyl sites for hydroxylation is 1. The predicted molar refractivity (Wildman–Crippen MR) is 106 cm³/mol. The van der Waals surface area contributed by atoms with Crippen LogP contribution in [0.5, 0.6) is 0 Å². The first-order chi connectivity index (χ1) is 14.6. The summed E-state index contributed by atoms with van der Waals surface area (Å²) in [5, 5.41) is 19.0. The maximum Gasteiger partial charge on any atom is 0.410 e. The molecule has 1 N–H and O–H groups in total. The fourth-order valence-corrected chi connectivity index (χ4v) is 3.76. The first kappa shape index (κ1) is 18.4. The summed E-state index contributed by atoms with van der Waals surface area (Å²) in [6, 6.07) is 4.20. The van der Waals surface area contributed by atoms with Gasteiger partial charge in [-0.1, -0.05) is 0 Å². The molecule has 0 aromatic carbocycles. The number of hydrogen-bond acceptors (Lipinski definition) is 8. The smallest absolute Gasteiger partial charge is 0.410 e. The van der Waals surface area contributed by atoms with Gasteiger partial charge in [0.15, 0.2) is 6.10 Å². The molecule has 3 aromatic rings. The lowest BCUT2D eigenvalue weighted by Crippen LogP contribution is -2.51.